The van der Waals surface area contributed by atoms with Crippen molar-refractivity contribution >= 4 is 5.97 Å². The van der Waals surface area contributed by atoms with Gasteiger partial charge in [-0.05, 0) is 141 Å². The highest BCUT2D eigenvalue weighted by atomic mass is 16.5. The van der Waals surface area contributed by atoms with E-state index in [0.717, 1.165) is 119 Å². The number of carbonyl (C=O) groups excluding carboxylic acids is 1. The summed E-state index contributed by atoms with van der Waals surface area (Å²) < 4.78 is 23.4. The molecule has 286 valence electrons. The van der Waals surface area contributed by atoms with Gasteiger partial charge in [0.25, 0.3) is 0 Å². The lowest BCUT2D eigenvalue weighted by Gasteiger charge is -2.58. The van der Waals surface area contributed by atoms with Gasteiger partial charge in [-0.3, -0.25) is 0 Å². The van der Waals surface area contributed by atoms with Crippen molar-refractivity contribution in [3.8, 4) is 5.75 Å². The maximum absolute atomic E-state index is 13.2. The van der Waals surface area contributed by atoms with Gasteiger partial charge in [-0.2, -0.15) is 0 Å². The monoisotopic (exact) mass is 705 g/mol. The zero-order chi connectivity index (χ0) is 36.1. The first-order valence-electron chi connectivity index (χ1n) is 21.4. The van der Waals surface area contributed by atoms with Crippen LogP contribution in [-0.2, 0) is 14.2 Å². The van der Waals surface area contributed by atoms with Gasteiger partial charge >= 0.3 is 5.97 Å². The Balaban J connectivity index is 0.916. The zero-order valence-electron chi connectivity index (χ0n) is 33.3. The molecule has 1 saturated heterocycles. The predicted octanol–water partition coefficient (Wildman–Crippen LogP) is 11.6. The molecule has 5 heteroatoms. The molecule has 8 unspecified atom stereocenters. The van der Waals surface area contributed by atoms with Crippen molar-refractivity contribution < 1.29 is 23.7 Å². The van der Waals surface area contributed by atoms with E-state index in [1.54, 1.807) is 5.57 Å². The standard InChI is InChI=1S/C46H72O5/c1-7-46(31-49-32-46)30-48-27-10-8-9-11-28-50-37-18-15-35(16-19-37)43(47)51-38-23-25-44(5)36(29-38)17-20-39-41-22-21-40(34(4)14-12-13-33(2)3)45(41,6)26-24-42(39)44/h15-19,33-34,38-42H,7-14,20-32H2,1-6H3. The Morgan fingerprint density at radius 1 is 0.882 bits per heavy atom. The third-order valence-electron chi connectivity index (χ3n) is 15.1. The fourth-order valence-corrected chi connectivity index (χ4v) is 11.6. The fourth-order valence-electron chi connectivity index (χ4n) is 11.6. The van der Waals surface area contributed by atoms with Crippen molar-refractivity contribution in [2.45, 2.75) is 150 Å². The summed E-state index contributed by atoms with van der Waals surface area (Å²) >= 11 is 0. The largest absolute Gasteiger partial charge is 0.494 e. The Labute approximate surface area is 311 Å². The number of allylic oxidation sites excluding steroid dienone is 1. The molecule has 5 nitrogen and oxygen atoms in total. The molecule has 51 heavy (non-hydrogen) atoms. The minimum atomic E-state index is -0.200. The van der Waals surface area contributed by atoms with Gasteiger partial charge < -0.3 is 18.9 Å². The number of hydrogen-bond donors (Lipinski definition) is 0. The zero-order valence-corrected chi connectivity index (χ0v) is 33.3. The molecule has 0 amide bonds. The molecule has 8 atom stereocenters. The molecule has 1 aliphatic heterocycles. The van der Waals surface area contributed by atoms with E-state index in [2.05, 4.69) is 47.6 Å². The second kappa shape index (κ2) is 17.1. The maximum Gasteiger partial charge on any atom is 0.338 e. The first-order valence-corrected chi connectivity index (χ1v) is 21.4. The van der Waals surface area contributed by atoms with E-state index in [-0.39, 0.29) is 22.9 Å². The molecule has 6 rings (SSSR count). The van der Waals surface area contributed by atoms with Crippen LogP contribution in [-0.4, -0.2) is 45.1 Å². The van der Waals surface area contributed by atoms with Crippen molar-refractivity contribution in [1.82, 2.24) is 0 Å². The molecule has 4 aliphatic carbocycles. The van der Waals surface area contributed by atoms with E-state index in [1.807, 2.05) is 24.3 Å². The van der Waals surface area contributed by atoms with Crippen LogP contribution in [0.3, 0.4) is 0 Å². The summed E-state index contributed by atoms with van der Waals surface area (Å²) in [6, 6.07) is 7.55. The minimum absolute atomic E-state index is 0.0221. The SMILES string of the molecule is CCC1(COCCCCCCOc2ccc(C(=O)OC3CCC4(C)C(=CCC5C4CCC4(C)C(C(C)CCCC(C)C)CCC54)C3)cc2)COC1. The van der Waals surface area contributed by atoms with Crippen LogP contribution in [0.25, 0.3) is 0 Å². The summed E-state index contributed by atoms with van der Waals surface area (Å²) in [7, 11) is 0. The molecule has 0 aromatic heterocycles. The normalized spacial score (nSPS) is 33.0. The number of fused-ring (bicyclic) bond motifs is 5. The van der Waals surface area contributed by atoms with E-state index in [0.29, 0.717) is 17.6 Å². The number of ether oxygens (including phenoxy) is 4. The summed E-state index contributed by atoms with van der Waals surface area (Å²) in [5, 5.41) is 0. The Hall–Kier alpha value is -1.85. The van der Waals surface area contributed by atoms with Crippen molar-refractivity contribution in [3.05, 3.63) is 41.5 Å². The molecule has 4 fully saturated rings. The number of unbranched alkanes of at least 4 members (excludes halogenated alkanes) is 3. The van der Waals surface area contributed by atoms with Crippen LogP contribution in [0.15, 0.2) is 35.9 Å². The number of esters is 1. The molecule has 1 aromatic carbocycles. The summed E-state index contributed by atoms with van der Waals surface area (Å²) in [4.78, 5) is 13.2. The molecule has 3 saturated carbocycles. The van der Waals surface area contributed by atoms with E-state index in [4.69, 9.17) is 18.9 Å². The van der Waals surface area contributed by atoms with E-state index < -0.39 is 0 Å². The van der Waals surface area contributed by atoms with Crippen LogP contribution >= 0.6 is 0 Å². The van der Waals surface area contributed by atoms with Crippen LogP contribution < -0.4 is 4.74 Å². The average Bonchev–Trinajstić information content (AvgIpc) is 3.46. The summed E-state index contributed by atoms with van der Waals surface area (Å²) in [5.74, 6) is 5.68. The number of hydrogen-bond acceptors (Lipinski definition) is 5. The third-order valence-corrected chi connectivity index (χ3v) is 15.1. The Morgan fingerprint density at radius 2 is 1.65 bits per heavy atom. The highest BCUT2D eigenvalue weighted by Gasteiger charge is 2.59. The van der Waals surface area contributed by atoms with Crippen molar-refractivity contribution in [2.24, 2.45) is 51.8 Å². The minimum Gasteiger partial charge on any atom is -0.494 e. The van der Waals surface area contributed by atoms with Crippen molar-refractivity contribution in [1.29, 1.82) is 0 Å². The van der Waals surface area contributed by atoms with Crippen LogP contribution in [0.5, 0.6) is 5.75 Å². The van der Waals surface area contributed by atoms with Gasteiger partial charge in [0, 0.05) is 18.4 Å². The molecular formula is C46H72O5. The predicted molar refractivity (Wildman–Crippen MR) is 207 cm³/mol. The van der Waals surface area contributed by atoms with Gasteiger partial charge in [-0.25, -0.2) is 4.79 Å². The average molecular weight is 705 g/mol. The lowest BCUT2D eigenvalue weighted by atomic mass is 9.47. The summed E-state index contributed by atoms with van der Waals surface area (Å²) in [5.41, 5.74) is 3.26. The molecular weight excluding hydrogens is 633 g/mol. The smallest absolute Gasteiger partial charge is 0.338 e. The Bertz CT molecular complexity index is 1290. The molecule has 0 N–H and O–H groups in total. The maximum atomic E-state index is 13.2. The van der Waals surface area contributed by atoms with Gasteiger partial charge in [0.15, 0.2) is 0 Å². The van der Waals surface area contributed by atoms with Crippen molar-refractivity contribution in [2.75, 3.05) is 33.0 Å². The third kappa shape index (κ3) is 8.77. The van der Waals surface area contributed by atoms with Gasteiger partial charge in [-0.15, -0.1) is 0 Å². The molecule has 0 spiro atoms. The van der Waals surface area contributed by atoms with Crippen LogP contribution in [0.1, 0.15) is 155 Å². The molecule has 5 aliphatic rings. The first kappa shape index (κ1) is 38.9. The lowest BCUT2D eigenvalue weighted by Crippen LogP contribution is -2.51. The van der Waals surface area contributed by atoms with E-state index in [1.165, 1.54) is 51.4 Å². The van der Waals surface area contributed by atoms with Crippen LogP contribution in [0, 0.1) is 51.8 Å². The van der Waals surface area contributed by atoms with Gasteiger partial charge in [-0.1, -0.05) is 78.9 Å². The van der Waals surface area contributed by atoms with Crippen molar-refractivity contribution in [3.63, 3.8) is 0 Å². The Morgan fingerprint density at radius 3 is 2.35 bits per heavy atom. The van der Waals surface area contributed by atoms with Gasteiger partial charge in [0.05, 0.1) is 32.0 Å². The van der Waals surface area contributed by atoms with Crippen LogP contribution in [0.2, 0.25) is 0 Å². The topological polar surface area (TPSA) is 54.0 Å². The quantitative estimate of drug-likeness (QED) is 0.0865. The number of rotatable bonds is 18. The fraction of sp³-hybridized carbons (Fsp3) is 0.804. The second-order valence-corrected chi connectivity index (χ2v) is 18.7. The lowest BCUT2D eigenvalue weighted by molar-refractivity contribution is -0.150. The number of carbonyl (C=O) groups is 1. The van der Waals surface area contributed by atoms with Gasteiger partial charge in [0.2, 0.25) is 0 Å². The van der Waals surface area contributed by atoms with E-state index in [9.17, 15) is 4.79 Å². The Kier molecular flexibility index (Phi) is 13.0. The molecule has 1 aromatic rings. The van der Waals surface area contributed by atoms with E-state index >= 15 is 0 Å². The van der Waals surface area contributed by atoms with Crippen LogP contribution in [0.4, 0.5) is 0 Å². The molecule has 1 heterocycles. The molecule has 0 radical (unpaired) electrons. The summed E-state index contributed by atoms with van der Waals surface area (Å²) in [6.07, 6.45) is 22.2. The molecule has 0 bridgehead atoms. The number of benzene rings is 1. The first-order chi connectivity index (χ1) is 24.6. The van der Waals surface area contributed by atoms with Gasteiger partial charge in [0.1, 0.15) is 11.9 Å². The highest BCUT2D eigenvalue weighted by Crippen LogP contribution is 2.67. The highest BCUT2D eigenvalue weighted by molar-refractivity contribution is 5.89. The second-order valence-electron chi connectivity index (χ2n) is 18.7. The summed E-state index contributed by atoms with van der Waals surface area (Å²) in [6.45, 7) is 18.8.